The molecule has 0 aromatic heterocycles. The van der Waals surface area contributed by atoms with Gasteiger partial charge in [0, 0.05) is 5.69 Å². The van der Waals surface area contributed by atoms with Gasteiger partial charge in [0.05, 0.1) is 18.0 Å². The number of nitrogens with one attached hydrogen (secondary N) is 2. The fourth-order valence-electron chi connectivity index (χ4n) is 1.31. The summed E-state index contributed by atoms with van der Waals surface area (Å²) in [5, 5.41) is 2.63. The summed E-state index contributed by atoms with van der Waals surface area (Å²) < 4.78 is 24.6. The van der Waals surface area contributed by atoms with Crippen molar-refractivity contribution in [2.24, 2.45) is 5.73 Å². The zero-order chi connectivity index (χ0) is 13.9. The van der Waals surface area contributed by atoms with Gasteiger partial charge in [-0.2, -0.15) is 0 Å². The van der Waals surface area contributed by atoms with Crippen LogP contribution < -0.4 is 15.8 Å². The molecule has 0 saturated heterocycles. The molecule has 0 aliphatic heterocycles. The Balaban J connectivity index is 2.89. The van der Waals surface area contributed by atoms with Crippen molar-refractivity contribution in [1.82, 2.24) is 0 Å². The normalized spacial score (nSPS) is 12.9. The number of benzene rings is 1. The third-order valence-electron chi connectivity index (χ3n) is 2.20. The Hall–Kier alpha value is -1.60. The van der Waals surface area contributed by atoms with Crippen LogP contribution in [0.4, 0.5) is 11.4 Å². The van der Waals surface area contributed by atoms with Gasteiger partial charge in [0.2, 0.25) is 15.9 Å². The van der Waals surface area contributed by atoms with Crippen LogP contribution in [0.25, 0.3) is 0 Å². The monoisotopic (exact) mass is 271 g/mol. The molecule has 1 atom stereocenters. The first kappa shape index (κ1) is 14.5. The van der Waals surface area contributed by atoms with E-state index in [2.05, 4.69) is 10.0 Å². The van der Waals surface area contributed by atoms with E-state index in [0.29, 0.717) is 16.9 Å². The van der Waals surface area contributed by atoms with Gasteiger partial charge in [0.25, 0.3) is 0 Å². The quantitative estimate of drug-likeness (QED) is 0.748. The lowest BCUT2D eigenvalue weighted by Crippen LogP contribution is -2.32. The van der Waals surface area contributed by atoms with Crippen LogP contribution in [-0.4, -0.2) is 26.6 Å². The lowest BCUT2D eigenvalue weighted by atomic mass is 10.2. The van der Waals surface area contributed by atoms with Crippen LogP contribution in [0.2, 0.25) is 0 Å². The Morgan fingerprint density at radius 2 is 2.00 bits per heavy atom. The second kappa shape index (κ2) is 5.36. The third-order valence-corrected chi connectivity index (χ3v) is 2.79. The van der Waals surface area contributed by atoms with Crippen LogP contribution in [0.3, 0.4) is 0 Å². The first-order chi connectivity index (χ1) is 8.19. The number of rotatable bonds is 4. The molecule has 0 unspecified atom stereocenters. The van der Waals surface area contributed by atoms with Gasteiger partial charge in [-0.05, 0) is 37.6 Å². The van der Waals surface area contributed by atoms with Gasteiger partial charge in [0.15, 0.2) is 0 Å². The average Bonchev–Trinajstić information content (AvgIpc) is 2.20. The highest BCUT2D eigenvalue weighted by molar-refractivity contribution is 7.92. The number of carbonyl (C=O) groups is 1. The maximum atomic E-state index is 11.4. The minimum absolute atomic E-state index is 0.293. The summed E-state index contributed by atoms with van der Waals surface area (Å²) >= 11 is 0. The highest BCUT2D eigenvalue weighted by Gasteiger charge is 2.09. The Morgan fingerprint density at radius 3 is 2.44 bits per heavy atom. The van der Waals surface area contributed by atoms with Gasteiger partial charge >= 0.3 is 0 Å². The summed E-state index contributed by atoms with van der Waals surface area (Å²) in [7, 11) is -3.31. The van der Waals surface area contributed by atoms with Crippen molar-refractivity contribution in [2.75, 3.05) is 16.3 Å². The second-order valence-corrected chi connectivity index (χ2v) is 5.93. The Labute approximate surface area is 107 Å². The molecule has 6 nitrogen and oxygen atoms in total. The molecule has 1 aromatic rings. The minimum Gasteiger partial charge on any atom is -0.325 e. The lowest BCUT2D eigenvalue weighted by molar-refractivity contribution is -0.117. The number of sulfonamides is 1. The van der Waals surface area contributed by atoms with E-state index in [1.165, 1.54) is 0 Å². The maximum Gasteiger partial charge on any atom is 0.240 e. The first-order valence-electron chi connectivity index (χ1n) is 5.34. The smallest absolute Gasteiger partial charge is 0.240 e. The molecule has 4 N–H and O–H groups in total. The molecular weight excluding hydrogens is 254 g/mol. The topological polar surface area (TPSA) is 101 Å². The minimum atomic E-state index is -3.31. The highest BCUT2D eigenvalue weighted by Crippen LogP contribution is 2.20. The molecule has 0 radical (unpaired) electrons. The number of amides is 1. The molecule has 0 fully saturated rings. The zero-order valence-electron chi connectivity index (χ0n) is 10.5. The number of hydrogen-bond donors (Lipinski definition) is 3. The van der Waals surface area contributed by atoms with Gasteiger partial charge in [-0.1, -0.05) is 0 Å². The summed E-state index contributed by atoms with van der Waals surface area (Å²) in [6.45, 7) is 3.33. The number of carbonyl (C=O) groups excluding carboxylic acids is 1. The molecule has 0 aliphatic carbocycles. The van der Waals surface area contributed by atoms with Crippen molar-refractivity contribution < 1.29 is 13.2 Å². The van der Waals surface area contributed by atoms with E-state index in [9.17, 15) is 13.2 Å². The highest BCUT2D eigenvalue weighted by atomic mass is 32.2. The molecule has 1 rings (SSSR count). The van der Waals surface area contributed by atoms with Crippen LogP contribution in [-0.2, 0) is 14.8 Å². The van der Waals surface area contributed by atoms with Crippen molar-refractivity contribution in [1.29, 1.82) is 0 Å². The predicted molar refractivity (Wildman–Crippen MR) is 71.9 cm³/mol. The van der Waals surface area contributed by atoms with Gasteiger partial charge in [-0.3, -0.25) is 9.52 Å². The fourth-order valence-corrected chi connectivity index (χ4v) is 1.94. The van der Waals surface area contributed by atoms with E-state index in [4.69, 9.17) is 5.73 Å². The summed E-state index contributed by atoms with van der Waals surface area (Å²) in [6.07, 6.45) is 1.08. The molecule has 100 valence electrons. The molecule has 1 aromatic carbocycles. The van der Waals surface area contributed by atoms with Crippen LogP contribution in [0.1, 0.15) is 12.5 Å². The van der Waals surface area contributed by atoms with Crippen LogP contribution in [0.15, 0.2) is 18.2 Å². The molecule has 0 saturated carbocycles. The number of aryl methyl sites for hydroxylation is 1. The van der Waals surface area contributed by atoms with Crippen molar-refractivity contribution >= 4 is 27.3 Å². The predicted octanol–water partition coefficient (Wildman–Crippen LogP) is 0.652. The van der Waals surface area contributed by atoms with Gasteiger partial charge in [-0.15, -0.1) is 0 Å². The molecule has 0 aliphatic rings. The van der Waals surface area contributed by atoms with E-state index in [1.54, 1.807) is 32.0 Å². The van der Waals surface area contributed by atoms with Crippen LogP contribution >= 0.6 is 0 Å². The number of anilines is 2. The van der Waals surface area contributed by atoms with Gasteiger partial charge < -0.3 is 11.1 Å². The summed E-state index contributed by atoms with van der Waals surface area (Å²) in [4.78, 5) is 11.4. The summed E-state index contributed by atoms with van der Waals surface area (Å²) in [6, 6.07) is 4.28. The molecule has 0 heterocycles. The van der Waals surface area contributed by atoms with E-state index >= 15 is 0 Å². The first-order valence-corrected chi connectivity index (χ1v) is 7.23. The van der Waals surface area contributed by atoms with Gasteiger partial charge in [0.1, 0.15) is 0 Å². The second-order valence-electron chi connectivity index (χ2n) is 4.18. The van der Waals surface area contributed by atoms with Crippen LogP contribution in [0.5, 0.6) is 0 Å². The lowest BCUT2D eigenvalue weighted by Gasteiger charge is -2.11. The molecule has 1 amide bonds. The molecule has 7 heteroatoms. The summed E-state index contributed by atoms with van der Waals surface area (Å²) in [5.41, 5.74) is 7.20. The van der Waals surface area contributed by atoms with Crippen LogP contribution in [0, 0.1) is 6.92 Å². The van der Waals surface area contributed by atoms with Crippen molar-refractivity contribution in [2.45, 2.75) is 19.9 Å². The molecule has 0 spiro atoms. The largest absolute Gasteiger partial charge is 0.325 e. The Bertz CT molecular complexity index is 553. The standard InChI is InChI=1S/C11H17N3O3S/c1-7-6-9(13-11(15)8(2)12)4-5-10(7)14-18(3,16)17/h4-6,8,14H,12H2,1-3H3,(H,13,15)/t8-/m0/s1. The van der Waals surface area contributed by atoms with Crippen molar-refractivity contribution in [3.63, 3.8) is 0 Å². The van der Waals surface area contributed by atoms with E-state index in [0.717, 1.165) is 6.26 Å². The summed E-state index contributed by atoms with van der Waals surface area (Å²) in [5.74, 6) is -0.293. The maximum absolute atomic E-state index is 11.4. The van der Waals surface area contributed by atoms with Crippen molar-refractivity contribution in [3.8, 4) is 0 Å². The van der Waals surface area contributed by atoms with E-state index in [-0.39, 0.29) is 5.91 Å². The Kier molecular flexibility index (Phi) is 4.31. The van der Waals surface area contributed by atoms with Crippen molar-refractivity contribution in [3.05, 3.63) is 23.8 Å². The molecular formula is C11H17N3O3S. The Morgan fingerprint density at radius 1 is 1.39 bits per heavy atom. The third kappa shape index (κ3) is 4.34. The zero-order valence-corrected chi connectivity index (χ0v) is 11.3. The fraction of sp³-hybridized carbons (Fsp3) is 0.364. The van der Waals surface area contributed by atoms with E-state index < -0.39 is 16.1 Å². The average molecular weight is 271 g/mol. The SMILES string of the molecule is Cc1cc(NC(=O)[C@H](C)N)ccc1NS(C)(=O)=O. The van der Waals surface area contributed by atoms with E-state index in [1.807, 2.05) is 0 Å². The molecule has 18 heavy (non-hydrogen) atoms. The number of nitrogens with two attached hydrogens (primary N) is 1. The molecule has 0 bridgehead atoms. The number of hydrogen-bond acceptors (Lipinski definition) is 4. The van der Waals surface area contributed by atoms with Gasteiger partial charge in [-0.25, -0.2) is 8.42 Å².